The van der Waals surface area contributed by atoms with Crippen LogP contribution in [0.2, 0.25) is 5.02 Å². The van der Waals surface area contributed by atoms with Gasteiger partial charge in [-0.1, -0.05) is 60.1 Å². The first kappa shape index (κ1) is 21.2. The highest BCUT2D eigenvalue weighted by molar-refractivity contribution is 6.34. The zero-order valence-corrected chi connectivity index (χ0v) is 18.3. The molecule has 0 aliphatic carbocycles. The third-order valence-electron chi connectivity index (χ3n) is 5.90. The normalized spacial score (nSPS) is 19.2. The van der Waals surface area contributed by atoms with Crippen LogP contribution in [0.15, 0.2) is 72.8 Å². The summed E-state index contributed by atoms with van der Waals surface area (Å²) in [6.07, 6.45) is -0.707. The van der Waals surface area contributed by atoms with Crippen molar-refractivity contribution in [2.45, 2.75) is 25.0 Å². The number of fused-ring (bicyclic) bond motifs is 1. The summed E-state index contributed by atoms with van der Waals surface area (Å²) in [5.41, 5.74) is 0.801. The maximum absolute atomic E-state index is 13.9. The summed E-state index contributed by atoms with van der Waals surface area (Å²) in [7, 11) is 0. The smallest absolute Gasteiger partial charge is 0.418 e. The summed E-state index contributed by atoms with van der Waals surface area (Å²) < 4.78 is 19.2. The van der Waals surface area contributed by atoms with Crippen molar-refractivity contribution in [2.24, 2.45) is 0 Å². The molecule has 1 aliphatic rings. The molecule has 2 amide bonds. The lowest BCUT2D eigenvalue weighted by Crippen LogP contribution is -2.42. The molecular formula is C25H19ClFN3O3. The van der Waals surface area contributed by atoms with Crippen molar-refractivity contribution in [3.8, 4) is 0 Å². The maximum Gasteiger partial charge on any atom is 0.418 e. The molecule has 1 aromatic heterocycles. The van der Waals surface area contributed by atoms with Crippen LogP contribution >= 0.6 is 11.6 Å². The number of hydrogen-bond donors (Lipinski definition) is 1. The number of carbonyl (C=O) groups excluding carboxylic acids is 2. The molecule has 8 heteroatoms. The van der Waals surface area contributed by atoms with Gasteiger partial charge in [0.1, 0.15) is 11.3 Å². The van der Waals surface area contributed by atoms with E-state index in [9.17, 15) is 14.0 Å². The van der Waals surface area contributed by atoms with E-state index in [0.717, 1.165) is 10.5 Å². The number of imide groups is 1. The fraction of sp³-hybridized carbons (Fsp3) is 0.160. The van der Waals surface area contributed by atoms with Gasteiger partial charge in [-0.05, 0) is 42.3 Å². The second kappa shape index (κ2) is 8.01. The van der Waals surface area contributed by atoms with Gasteiger partial charge in [0.25, 0.3) is 11.5 Å². The van der Waals surface area contributed by atoms with Gasteiger partial charge in [0.2, 0.25) is 0 Å². The SMILES string of the molecule is C[C@H](c1ccc(F)cc1)N1C(=O)OC(Cc2ccccc2)(c2nc3c(Cl)cccc3[nH]2)C1=O. The first-order valence-corrected chi connectivity index (χ1v) is 10.8. The molecule has 3 aromatic carbocycles. The number of aromatic nitrogens is 2. The van der Waals surface area contributed by atoms with Gasteiger partial charge >= 0.3 is 6.09 Å². The number of ether oxygens (including phenoxy) is 1. The summed E-state index contributed by atoms with van der Waals surface area (Å²) in [6.45, 7) is 1.69. The van der Waals surface area contributed by atoms with Crippen LogP contribution in [-0.2, 0) is 21.6 Å². The van der Waals surface area contributed by atoms with E-state index in [4.69, 9.17) is 16.3 Å². The number of hydrogen-bond acceptors (Lipinski definition) is 4. The molecule has 1 fully saturated rings. The van der Waals surface area contributed by atoms with E-state index in [1.807, 2.05) is 30.3 Å². The van der Waals surface area contributed by atoms with Crippen molar-refractivity contribution in [3.63, 3.8) is 0 Å². The van der Waals surface area contributed by atoms with Gasteiger partial charge in [-0.25, -0.2) is 19.1 Å². The van der Waals surface area contributed by atoms with E-state index >= 15 is 0 Å². The van der Waals surface area contributed by atoms with Gasteiger partial charge in [0.15, 0.2) is 5.82 Å². The minimum atomic E-state index is -1.70. The van der Waals surface area contributed by atoms with Crippen molar-refractivity contribution in [3.05, 3.63) is 101 Å². The van der Waals surface area contributed by atoms with Crippen molar-refractivity contribution in [1.82, 2.24) is 14.9 Å². The van der Waals surface area contributed by atoms with Crippen LogP contribution in [-0.4, -0.2) is 26.9 Å². The lowest BCUT2D eigenvalue weighted by atomic mass is 9.92. The number of benzene rings is 3. The van der Waals surface area contributed by atoms with E-state index in [0.29, 0.717) is 21.6 Å². The molecule has 2 atom stereocenters. The van der Waals surface area contributed by atoms with Crippen molar-refractivity contribution >= 4 is 34.6 Å². The molecule has 1 saturated heterocycles. The number of imidazole rings is 1. The number of amides is 2. The van der Waals surface area contributed by atoms with Crippen LogP contribution in [0.4, 0.5) is 9.18 Å². The Balaban J connectivity index is 1.62. The minimum Gasteiger partial charge on any atom is -0.424 e. The van der Waals surface area contributed by atoms with E-state index in [-0.39, 0.29) is 12.2 Å². The molecule has 33 heavy (non-hydrogen) atoms. The summed E-state index contributed by atoms with van der Waals surface area (Å²) in [5.74, 6) is -0.760. The van der Waals surface area contributed by atoms with Crippen LogP contribution < -0.4 is 0 Å². The third kappa shape index (κ3) is 3.54. The predicted molar refractivity (Wildman–Crippen MR) is 121 cm³/mol. The topological polar surface area (TPSA) is 75.3 Å². The highest BCUT2D eigenvalue weighted by atomic mass is 35.5. The highest BCUT2D eigenvalue weighted by Gasteiger charge is 2.58. The minimum absolute atomic E-state index is 0.0858. The summed E-state index contributed by atoms with van der Waals surface area (Å²) in [5, 5.41) is 0.415. The van der Waals surface area contributed by atoms with Gasteiger partial charge in [0, 0.05) is 6.42 Å². The van der Waals surface area contributed by atoms with Gasteiger partial charge < -0.3 is 9.72 Å². The largest absolute Gasteiger partial charge is 0.424 e. The van der Waals surface area contributed by atoms with Crippen LogP contribution in [0.1, 0.15) is 29.9 Å². The number of para-hydroxylation sites is 1. The fourth-order valence-corrected chi connectivity index (χ4v) is 4.38. The van der Waals surface area contributed by atoms with Gasteiger partial charge in [-0.3, -0.25) is 4.79 Å². The average Bonchev–Trinajstić information content (AvgIpc) is 3.35. The zero-order valence-electron chi connectivity index (χ0n) is 17.6. The number of H-pyrrole nitrogens is 1. The molecule has 4 aromatic rings. The van der Waals surface area contributed by atoms with E-state index < -0.39 is 29.5 Å². The van der Waals surface area contributed by atoms with E-state index in [2.05, 4.69) is 9.97 Å². The standard InChI is InChI=1S/C25H19ClFN3O3/c1-15(17-10-12-18(27)13-11-17)30-23(31)25(33-24(30)32,14-16-6-3-2-4-7-16)22-28-20-9-5-8-19(26)21(20)29-22/h2-13,15H,14H2,1H3,(H,28,29)/t15-,25?/m1/s1. The zero-order chi connectivity index (χ0) is 23.2. The number of carbonyl (C=O) groups is 2. The second-order valence-electron chi connectivity index (χ2n) is 7.98. The summed E-state index contributed by atoms with van der Waals surface area (Å²) in [6, 6.07) is 19.5. The number of rotatable bonds is 5. The third-order valence-corrected chi connectivity index (χ3v) is 6.21. The molecule has 0 bridgehead atoms. The first-order chi connectivity index (χ1) is 15.9. The molecule has 1 N–H and O–H groups in total. The Kier molecular flexibility index (Phi) is 5.13. The Morgan fingerprint density at radius 1 is 1.06 bits per heavy atom. The molecular weight excluding hydrogens is 445 g/mol. The molecule has 1 unspecified atom stereocenters. The lowest BCUT2D eigenvalue weighted by Gasteiger charge is -2.25. The fourth-order valence-electron chi connectivity index (χ4n) is 4.16. The summed E-state index contributed by atoms with van der Waals surface area (Å²) in [4.78, 5) is 35.7. The molecule has 6 nitrogen and oxygen atoms in total. The van der Waals surface area contributed by atoms with Crippen molar-refractivity contribution < 1.29 is 18.7 Å². The predicted octanol–water partition coefficient (Wildman–Crippen LogP) is 5.53. The Bertz CT molecular complexity index is 1360. The van der Waals surface area contributed by atoms with Crippen molar-refractivity contribution in [1.29, 1.82) is 0 Å². The van der Waals surface area contributed by atoms with Gasteiger partial charge in [0.05, 0.1) is 16.6 Å². The van der Waals surface area contributed by atoms with Crippen LogP contribution in [0, 0.1) is 5.82 Å². The molecule has 0 saturated carbocycles. The number of aromatic amines is 1. The van der Waals surface area contributed by atoms with Crippen molar-refractivity contribution in [2.75, 3.05) is 0 Å². The Morgan fingerprint density at radius 2 is 1.79 bits per heavy atom. The van der Waals surface area contributed by atoms with E-state index in [1.54, 1.807) is 37.3 Å². The Morgan fingerprint density at radius 3 is 2.48 bits per heavy atom. The number of cyclic esters (lactones) is 1. The van der Waals surface area contributed by atoms with Crippen LogP contribution in [0.3, 0.4) is 0 Å². The quantitative estimate of drug-likeness (QED) is 0.422. The molecule has 166 valence electrons. The number of nitrogens with one attached hydrogen (secondary N) is 1. The maximum atomic E-state index is 13.9. The molecule has 1 aliphatic heterocycles. The second-order valence-corrected chi connectivity index (χ2v) is 8.39. The monoisotopic (exact) mass is 463 g/mol. The lowest BCUT2D eigenvalue weighted by molar-refractivity contribution is -0.139. The highest BCUT2D eigenvalue weighted by Crippen LogP contribution is 2.41. The van der Waals surface area contributed by atoms with Crippen LogP contribution in [0.5, 0.6) is 0 Å². The van der Waals surface area contributed by atoms with E-state index in [1.165, 1.54) is 12.1 Å². The first-order valence-electron chi connectivity index (χ1n) is 10.4. The van der Waals surface area contributed by atoms with Crippen LogP contribution in [0.25, 0.3) is 11.0 Å². The Labute approximate surface area is 194 Å². The number of halogens is 2. The number of nitrogens with zero attached hydrogens (tertiary/aromatic N) is 2. The Hall–Kier alpha value is -3.71. The van der Waals surface area contributed by atoms with Gasteiger partial charge in [-0.2, -0.15) is 0 Å². The molecule has 0 spiro atoms. The van der Waals surface area contributed by atoms with Gasteiger partial charge in [-0.15, -0.1) is 0 Å². The average molecular weight is 464 g/mol. The molecule has 2 heterocycles. The molecule has 5 rings (SSSR count). The molecule has 0 radical (unpaired) electrons. The summed E-state index contributed by atoms with van der Waals surface area (Å²) >= 11 is 6.30.